The fourth-order valence-electron chi connectivity index (χ4n) is 2.66. The Hall–Kier alpha value is -2.34. The Labute approximate surface area is 133 Å². The van der Waals surface area contributed by atoms with Crippen molar-refractivity contribution in [3.63, 3.8) is 0 Å². The summed E-state index contributed by atoms with van der Waals surface area (Å²) < 4.78 is 26.6. The van der Waals surface area contributed by atoms with Gasteiger partial charge < -0.3 is 4.90 Å². The summed E-state index contributed by atoms with van der Waals surface area (Å²) in [7, 11) is 0. The second-order valence-corrected chi connectivity index (χ2v) is 5.51. The highest BCUT2D eigenvalue weighted by atomic mass is 19.1. The van der Waals surface area contributed by atoms with Gasteiger partial charge in [-0.1, -0.05) is 6.07 Å². The van der Waals surface area contributed by atoms with Gasteiger partial charge in [0.2, 0.25) is 0 Å². The maximum absolute atomic E-state index is 13.7. The van der Waals surface area contributed by atoms with Crippen LogP contribution >= 0.6 is 0 Å². The summed E-state index contributed by atoms with van der Waals surface area (Å²) >= 11 is 0. The number of carbonyl (C=O) groups excluding carboxylic acids is 1. The van der Waals surface area contributed by atoms with Gasteiger partial charge in [0.25, 0.3) is 5.91 Å². The molecule has 120 valence electrons. The lowest BCUT2D eigenvalue weighted by Gasteiger charge is -2.34. The van der Waals surface area contributed by atoms with E-state index in [2.05, 4.69) is 9.88 Å². The largest absolute Gasteiger partial charge is 0.336 e. The number of piperazine rings is 1. The topological polar surface area (TPSA) is 36.4 Å². The molecular weight excluding hydrogens is 300 g/mol. The van der Waals surface area contributed by atoms with Crippen molar-refractivity contribution in [2.24, 2.45) is 0 Å². The van der Waals surface area contributed by atoms with Crippen LogP contribution in [0.2, 0.25) is 0 Å². The fourth-order valence-corrected chi connectivity index (χ4v) is 2.66. The zero-order valence-corrected chi connectivity index (χ0v) is 12.6. The number of amides is 1. The van der Waals surface area contributed by atoms with Crippen molar-refractivity contribution in [2.75, 3.05) is 26.2 Å². The van der Waals surface area contributed by atoms with Crippen LogP contribution in [0.3, 0.4) is 0 Å². The van der Waals surface area contributed by atoms with E-state index in [0.29, 0.717) is 26.2 Å². The van der Waals surface area contributed by atoms with Gasteiger partial charge in [0.15, 0.2) is 0 Å². The second kappa shape index (κ2) is 6.83. The zero-order valence-electron chi connectivity index (χ0n) is 12.6. The van der Waals surface area contributed by atoms with Gasteiger partial charge in [0, 0.05) is 45.0 Å². The van der Waals surface area contributed by atoms with Crippen LogP contribution in [0.15, 0.2) is 42.6 Å². The van der Waals surface area contributed by atoms with Crippen LogP contribution in [-0.4, -0.2) is 46.9 Å². The molecule has 2 heterocycles. The van der Waals surface area contributed by atoms with Crippen LogP contribution in [0, 0.1) is 11.6 Å². The molecule has 1 amide bonds. The summed E-state index contributed by atoms with van der Waals surface area (Å²) in [5.41, 5.74) is 0.904. The van der Waals surface area contributed by atoms with E-state index in [-0.39, 0.29) is 11.5 Å². The Morgan fingerprint density at radius 2 is 1.87 bits per heavy atom. The summed E-state index contributed by atoms with van der Waals surface area (Å²) in [5.74, 6) is -1.88. The number of hydrogen-bond donors (Lipinski definition) is 0. The molecule has 1 aromatic heterocycles. The molecule has 1 fully saturated rings. The Morgan fingerprint density at radius 3 is 2.52 bits per heavy atom. The van der Waals surface area contributed by atoms with E-state index in [9.17, 15) is 13.6 Å². The maximum Gasteiger partial charge on any atom is 0.256 e. The predicted molar refractivity (Wildman–Crippen MR) is 81.8 cm³/mol. The van der Waals surface area contributed by atoms with Gasteiger partial charge >= 0.3 is 0 Å². The third kappa shape index (κ3) is 3.71. The molecule has 0 N–H and O–H groups in total. The Balaban J connectivity index is 1.59. The molecule has 0 spiro atoms. The molecule has 1 aliphatic rings. The molecule has 4 nitrogen and oxygen atoms in total. The third-order valence-corrected chi connectivity index (χ3v) is 3.93. The maximum atomic E-state index is 13.7. The molecule has 1 aromatic carbocycles. The van der Waals surface area contributed by atoms with Gasteiger partial charge in [-0.15, -0.1) is 0 Å². The minimum absolute atomic E-state index is 0.0791. The number of aromatic nitrogens is 1. The first kappa shape index (κ1) is 15.6. The highest BCUT2D eigenvalue weighted by Crippen LogP contribution is 2.14. The van der Waals surface area contributed by atoms with Crippen molar-refractivity contribution in [2.45, 2.75) is 6.54 Å². The van der Waals surface area contributed by atoms with Crippen LogP contribution in [0.25, 0.3) is 0 Å². The van der Waals surface area contributed by atoms with Crippen LogP contribution in [0.4, 0.5) is 8.78 Å². The van der Waals surface area contributed by atoms with Crippen LogP contribution < -0.4 is 0 Å². The summed E-state index contributed by atoms with van der Waals surface area (Å²) in [6.45, 7) is 3.16. The van der Waals surface area contributed by atoms with Crippen molar-refractivity contribution >= 4 is 5.91 Å². The van der Waals surface area contributed by atoms with Crippen molar-refractivity contribution in [3.05, 3.63) is 65.5 Å². The molecule has 0 unspecified atom stereocenters. The molecule has 0 atom stereocenters. The van der Waals surface area contributed by atoms with Gasteiger partial charge in [-0.25, -0.2) is 8.78 Å². The van der Waals surface area contributed by atoms with Crippen LogP contribution in [0.1, 0.15) is 16.1 Å². The summed E-state index contributed by atoms with van der Waals surface area (Å²) in [6.07, 6.45) is 1.76. The van der Waals surface area contributed by atoms with E-state index >= 15 is 0 Å². The number of halogens is 2. The van der Waals surface area contributed by atoms with Gasteiger partial charge in [-0.05, 0) is 24.3 Å². The van der Waals surface area contributed by atoms with Crippen molar-refractivity contribution in [3.8, 4) is 0 Å². The van der Waals surface area contributed by atoms with Crippen molar-refractivity contribution in [1.82, 2.24) is 14.8 Å². The second-order valence-electron chi connectivity index (χ2n) is 5.51. The molecule has 1 aliphatic heterocycles. The van der Waals surface area contributed by atoms with Crippen LogP contribution in [-0.2, 0) is 6.54 Å². The molecule has 0 radical (unpaired) electrons. The lowest BCUT2D eigenvalue weighted by Crippen LogP contribution is -2.48. The van der Waals surface area contributed by atoms with E-state index < -0.39 is 11.6 Å². The normalized spacial score (nSPS) is 15.7. The monoisotopic (exact) mass is 317 g/mol. The lowest BCUT2D eigenvalue weighted by molar-refractivity contribution is 0.0622. The van der Waals surface area contributed by atoms with E-state index in [4.69, 9.17) is 0 Å². The highest BCUT2D eigenvalue weighted by molar-refractivity contribution is 5.94. The molecule has 1 saturated heterocycles. The van der Waals surface area contributed by atoms with Crippen LogP contribution in [0.5, 0.6) is 0 Å². The van der Waals surface area contributed by atoms with E-state index in [0.717, 1.165) is 24.4 Å². The van der Waals surface area contributed by atoms with E-state index in [1.807, 2.05) is 18.2 Å². The molecule has 0 aliphatic carbocycles. The fraction of sp³-hybridized carbons (Fsp3) is 0.294. The molecule has 23 heavy (non-hydrogen) atoms. The minimum Gasteiger partial charge on any atom is -0.336 e. The molecule has 0 saturated carbocycles. The smallest absolute Gasteiger partial charge is 0.256 e. The van der Waals surface area contributed by atoms with Crippen molar-refractivity contribution < 1.29 is 13.6 Å². The summed E-state index contributed by atoms with van der Waals surface area (Å²) in [4.78, 5) is 20.4. The average Bonchev–Trinajstić information content (AvgIpc) is 2.56. The lowest BCUT2D eigenvalue weighted by atomic mass is 10.1. The third-order valence-electron chi connectivity index (χ3n) is 3.93. The number of nitrogens with zero attached hydrogens (tertiary/aromatic N) is 3. The molecule has 0 bridgehead atoms. The van der Waals surface area contributed by atoms with Gasteiger partial charge in [0.05, 0.1) is 11.3 Å². The quantitative estimate of drug-likeness (QED) is 0.872. The zero-order chi connectivity index (χ0) is 16.2. The van der Waals surface area contributed by atoms with Gasteiger partial charge in [-0.2, -0.15) is 0 Å². The summed E-state index contributed by atoms with van der Waals surface area (Å²) in [5, 5.41) is 0. The first-order chi connectivity index (χ1) is 11.1. The highest BCUT2D eigenvalue weighted by Gasteiger charge is 2.24. The van der Waals surface area contributed by atoms with Gasteiger partial charge in [-0.3, -0.25) is 14.7 Å². The average molecular weight is 317 g/mol. The predicted octanol–water partition coefficient (Wildman–Crippen LogP) is 2.32. The molecule has 3 rings (SSSR count). The SMILES string of the molecule is O=C(c1ccc(F)cc1F)N1CCN(Cc2ccccn2)CC1. The number of rotatable bonds is 3. The summed E-state index contributed by atoms with van der Waals surface area (Å²) in [6, 6.07) is 8.83. The first-order valence-corrected chi connectivity index (χ1v) is 7.50. The van der Waals surface area contributed by atoms with Crippen molar-refractivity contribution in [1.29, 1.82) is 0 Å². The van der Waals surface area contributed by atoms with E-state index in [1.54, 1.807) is 11.1 Å². The first-order valence-electron chi connectivity index (χ1n) is 7.50. The Morgan fingerprint density at radius 1 is 1.09 bits per heavy atom. The number of benzene rings is 1. The Kier molecular flexibility index (Phi) is 4.62. The molecule has 2 aromatic rings. The Bertz CT molecular complexity index is 685. The number of pyridine rings is 1. The number of carbonyl (C=O) groups is 1. The number of hydrogen-bond acceptors (Lipinski definition) is 3. The molecular formula is C17H17F2N3O. The standard InChI is InChI=1S/C17H17F2N3O/c18-13-4-5-15(16(19)11-13)17(23)22-9-7-21(8-10-22)12-14-3-1-2-6-20-14/h1-6,11H,7-10,12H2. The van der Waals surface area contributed by atoms with E-state index in [1.165, 1.54) is 6.07 Å². The molecule has 6 heteroatoms. The van der Waals surface area contributed by atoms with Gasteiger partial charge in [0.1, 0.15) is 11.6 Å². The minimum atomic E-state index is -0.814.